The van der Waals surface area contributed by atoms with E-state index in [1.54, 1.807) is 20.8 Å². The number of hydrogen-bond acceptors (Lipinski definition) is 4. The summed E-state index contributed by atoms with van der Waals surface area (Å²) in [4.78, 5) is 12.3. The van der Waals surface area contributed by atoms with Crippen LogP contribution in [-0.2, 0) is 15.3 Å². The van der Waals surface area contributed by atoms with Crippen LogP contribution in [0.1, 0.15) is 69.1 Å². The first-order valence-electron chi connectivity index (χ1n) is 9.11. The fourth-order valence-electron chi connectivity index (χ4n) is 2.06. The van der Waals surface area contributed by atoms with Gasteiger partial charge in [0.2, 0.25) is 0 Å². The van der Waals surface area contributed by atoms with Crippen molar-refractivity contribution in [1.29, 1.82) is 0 Å². The van der Waals surface area contributed by atoms with Gasteiger partial charge in [0.15, 0.2) is 8.32 Å². The van der Waals surface area contributed by atoms with E-state index in [-0.39, 0.29) is 22.8 Å². The zero-order chi connectivity index (χ0) is 22.1. The predicted octanol–water partition coefficient (Wildman–Crippen LogP) is 5.72. The van der Waals surface area contributed by atoms with Crippen LogP contribution in [-0.4, -0.2) is 31.6 Å². The molecule has 0 saturated heterocycles. The van der Waals surface area contributed by atoms with Gasteiger partial charge < -0.3 is 14.3 Å². The highest BCUT2D eigenvalue weighted by atomic mass is 28.4. The third-order valence-corrected chi connectivity index (χ3v) is 9.21. The maximum Gasteiger partial charge on any atom is 0.416 e. The summed E-state index contributed by atoms with van der Waals surface area (Å²) in [5.74, 6) is -0.877. The molecule has 0 radical (unpaired) electrons. The van der Waals surface area contributed by atoms with Crippen LogP contribution < -0.4 is 0 Å². The normalized spacial score (nSPS) is 14.7. The van der Waals surface area contributed by atoms with Crippen LogP contribution in [0.4, 0.5) is 13.2 Å². The number of benzene rings is 1. The molecule has 0 fully saturated rings. The smallest absolute Gasteiger partial charge is 0.416 e. The average molecular weight is 421 g/mol. The van der Waals surface area contributed by atoms with E-state index >= 15 is 0 Å². The minimum absolute atomic E-state index is 0.0330. The molecule has 0 aromatic heterocycles. The van der Waals surface area contributed by atoms with Gasteiger partial charge in [-0.15, -0.1) is 0 Å². The van der Waals surface area contributed by atoms with Crippen LogP contribution in [0, 0.1) is 0 Å². The highest BCUT2D eigenvalue weighted by Crippen LogP contribution is 2.38. The van der Waals surface area contributed by atoms with Crippen LogP contribution in [0.5, 0.6) is 0 Å². The van der Waals surface area contributed by atoms with Crippen molar-refractivity contribution >= 4 is 14.3 Å². The molecule has 0 aliphatic heterocycles. The van der Waals surface area contributed by atoms with Crippen molar-refractivity contribution in [1.82, 2.24) is 0 Å². The fourth-order valence-corrected chi connectivity index (χ4v) is 3.07. The lowest BCUT2D eigenvalue weighted by molar-refractivity contribution is -0.137. The van der Waals surface area contributed by atoms with E-state index in [0.717, 1.165) is 12.1 Å². The van der Waals surface area contributed by atoms with Crippen molar-refractivity contribution in [2.24, 2.45) is 0 Å². The first kappa shape index (κ1) is 24.7. The quantitative estimate of drug-likeness (QED) is 0.489. The Labute approximate surface area is 166 Å². The van der Waals surface area contributed by atoms with Gasteiger partial charge >= 0.3 is 12.1 Å². The lowest BCUT2D eigenvalue weighted by atomic mass is 10.0. The summed E-state index contributed by atoms with van der Waals surface area (Å²) in [6.07, 6.45) is -5.95. The number of carbonyl (C=O) groups is 1. The summed E-state index contributed by atoms with van der Waals surface area (Å²) >= 11 is 0. The summed E-state index contributed by atoms with van der Waals surface area (Å²) in [5, 5.41) is 10.3. The Kier molecular flexibility index (Phi) is 7.18. The second-order valence-corrected chi connectivity index (χ2v) is 14.2. The Hall–Kier alpha value is -1.38. The van der Waals surface area contributed by atoms with Crippen molar-refractivity contribution in [3.63, 3.8) is 0 Å². The molecule has 0 spiro atoms. The molecular weight excluding hydrogens is 389 g/mol. The highest BCUT2D eigenvalue weighted by Gasteiger charge is 2.38. The number of aliphatic hydroxyl groups excluding tert-OH is 1. The molecule has 160 valence electrons. The van der Waals surface area contributed by atoms with Crippen LogP contribution in [0.2, 0.25) is 18.1 Å². The lowest BCUT2D eigenvalue weighted by Gasteiger charge is -2.36. The number of ether oxygens (including phenoxy) is 1. The third-order valence-electron chi connectivity index (χ3n) is 4.71. The topological polar surface area (TPSA) is 55.8 Å². The number of halogens is 3. The second kappa shape index (κ2) is 8.16. The molecule has 0 amide bonds. The first-order valence-corrected chi connectivity index (χ1v) is 12.0. The Morgan fingerprint density at radius 2 is 1.61 bits per heavy atom. The van der Waals surface area contributed by atoms with E-state index in [0.29, 0.717) is 0 Å². The molecule has 0 unspecified atom stereocenters. The minimum Gasteiger partial charge on any atom is -0.456 e. The molecule has 0 aliphatic carbocycles. The summed E-state index contributed by atoms with van der Waals surface area (Å²) in [6.45, 7) is 14.8. The van der Waals surface area contributed by atoms with Gasteiger partial charge in [-0.3, -0.25) is 0 Å². The number of alkyl halides is 3. The standard InChI is InChI=1S/C20H31F3O4Si/c1-18(2,3)27-17(25)14-9-13(10-15(11-14)20(21,22)23)16(24)12-26-28(7,8)19(4,5)6/h9-11,16,24H,12H2,1-8H3/t16-/m0/s1. The maximum absolute atomic E-state index is 13.3. The van der Waals surface area contributed by atoms with E-state index in [1.165, 1.54) is 6.07 Å². The van der Waals surface area contributed by atoms with E-state index in [2.05, 4.69) is 0 Å². The largest absolute Gasteiger partial charge is 0.456 e. The van der Waals surface area contributed by atoms with Gasteiger partial charge in [-0.05, 0) is 62.7 Å². The molecule has 1 atom stereocenters. The van der Waals surface area contributed by atoms with Crippen LogP contribution in [0.25, 0.3) is 0 Å². The van der Waals surface area contributed by atoms with Crippen LogP contribution in [0.3, 0.4) is 0 Å². The number of aliphatic hydroxyl groups is 1. The van der Waals surface area contributed by atoms with Crippen molar-refractivity contribution in [2.75, 3.05) is 6.61 Å². The Bertz CT molecular complexity index is 701. The second-order valence-electron chi connectivity index (χ2n) is 9.43. The van der Waals surface area contributed by atoms with Gasteiger partial charge in [0.1, 0.15) is 11.7 Å². The Balaban J connectivity index is 3.20. The maximum atomic E-state index is 13.3. The molecule has 0 bridgehead atoms. The van der Waals surface area contributed by atoms with Crippen molar-refractivity contribution in [3.05, 3.63) is 34.9 Å². The Morgan fingerprint density at radius 1 is 1.07 bits per heavy atom. The number of carbonyl (C=O) groups excluding carboxylic acids is 1. The van der Waals surface area contributed by atoms with Gasteiger partial charge in [0.05, 0.1) is 17.7 Å². The monoisotopic (exact) mass is 420 g/mol. The summed E-state index contributed by atoms with van der Waals surface area (Å²) < 4.78 is 50.9. The SMILES string of the molecule is CC(C)(C)OC(=O)c1cc([C@@H](O)CO[Si](C)(C)C(C)(C)C)cc(C(F)(F)F)c1. The van der Waals surface area contributed by atoms with E-state index in [1.807, 2.05) is 33.9 Å². The fraction of sp³-hybridized carbons (Fsp3) is 0.650. The zero-order valence-electron chi connectivity index (χ0n) is 17.8. The molecule has 28 heavy (non-hydrogen) atoms. The number of esters is 1. The molecule has 4 nitrogen and oxygen atoms in total. The predicted molar refractivity (Wildman–Crippen MR) is 105 cm³/mol. The third kappa shape index (κ3) is 6.90. The molecule has 1 rings (SSSR count). The summed E-state index contributed by atoms with van der Waals surface area (Å²) in [6, 6.07) is 2.80. The van der Waals surface area contributed by atoms with Gasteiger partial charge in [-0.25, -0.2) is 4.79 Å². The van der Waals surface area contributed by atoms with Crippen LogP contribution >= 0.6 is 0 Å². The van der Waals surface area contributed by atoms with Gasteiger partial charge in [-0.1, -0.05) is 20.8 Å². The minimum atomic E-state index is -4.66. The van der Waals surface area contributed by atoms with Gasteiger partial charge in [0, 0.05) is 0 Å². The molecule has 0 heterocycles. The molecule has 8 heteroatoms. The summed E-state index contributed by atoms with van der Waals surface area (Å²) in [7, 11) is -2.19. The summed E-state index contributed by atoms with van der Waals surface area (Å²) in [5.41, 5.74) is -2.16. The van der Waals surface area contributed by atoms with Gasteiger partial charge in [-0.2, -0.15) is 13.2 Å². The molecule has 1 aromatic rings. The molecular formula is C20H31F3O4Si. The van der Waals surface area contributed by atoms with Crippen LogP contribution in [0.15, 0.2) is 18.2 Å². The molecule has 0 aliphatic rings. The zero-order valence-corrected chi connectivity index (χ0v) is 18.8. The Morgan fingerprint density at radius 3 is 2.04 bits per heavy atom. The van der Waals surface area contributed by atoms with E-state index < -0.39 is 37.7 Å². The first-order chi connectivity index (χ1) is 12.3. The van der Waals surface area contributed by atoms with Crippen molar-refractivity contribution in [2.45, 2.75) is 77.6 Å². The number of rotatable bonds is 5. The van der Waals surface area contributed by atoms with Crippen molar-refractivity contribution in [3.8, 4) is 0 Å². The van der Waals surface area contributed by atoms with Crippen molar-refractivity contribution < 1.29 is 32.2 Å². The molecule has 0 saturated carbocycles. The molecule has 1 aromatic carbocycles. The lowest BCUT2D eigenvalue weighted by Crippen LogP contribution is -2.41. The average Bonchev–Trinajstić information content (AvgIpc) is 2.48. The number of hydrogen-bond donors (Lipinski definition) is 1. The van der Waals surface area contributed by atoms with E-state index in [9.17, 15) is 23.1 Å². The highest BCUT2D eigenvalue weighted by molar-refractivity contribution is 6.74. The molecule has 1 N–H and O–H groups in total. The van der Waals surface area contributed by atoms with E-state index in [4.69, 9.17) is 9.16 Å². The van der Waals surface area contributed by atoms with Gasteiger partial charge in [0.25, 0.3) is 0 Å².